The number of aromatic carboxylic acids is 1. The largest absolute Gasteiger partial charge is 0.476 e. The molecule has 18 heavy (non-hydrogen) atoms. The molecule has 1 N–H and O–H groups in total. The van der Waals surface area contributed by atoms with Gasteiger partial charge in [0.1, 0.15) is 0 Å². The van der Waals surface area contributed by atoms with Gasteiger partial charge in [-0.25, -0.2) is 9.48 Å². The Morgan fingerprint density at radius 3 is 3.06 bits per heavy atom. The second-order valence-corrected chi connectivity index (χ2v) is 4.71. The number of carboxylic acids is 1. The van der Waals surface area contributed by atoms with Gasteiger partial charge in [-0.1, -0.05) is 5.21 Å². The van der Waals surface area contributed by atoms with Crippen LogP contribution in [0.5, 0.6) is 0 Å². The Morgan fingerprint density at radius 1 is 1.67 bits per heavy atom. The van der Waals surface area contributed by atoms with Crippen LogP contribution < -0.4 is 0 Å². The van der Waals surface area contributed by atoms with Crippen LogP contribution in [0.3, 0.4) is 0 Å². The predicted octanol–water partition coefficient (Wildman–Crippen LogP) is 0.0855. The van der Waals surface area contributed by atoms with Crippen molar-refractivity contribution in [3.63, 3.8) is 0 Å². The van der Waals surface area contributed by atoms with E-state index in [1.54, 1.807) is 0 Å². The standard InChI is InChI=1S/C11H18N4O3/c1-8(2)14-3-4-18-9(5-14)6-15-7-10(11(16)17)12-13-15/h7-9H,3-6H2,1-2H3,(H,16,17). The number of aromatic nitrogens is 3. The zero-order chi connectivity index (χ0) is 13.1. The van der Waals surface area contributed by atoms with E-state index in [4.69, 9.17) is 9.84 Å². The maximum absolute atomic E-state index is 10.7. The Morgan fingerprint density at radius 2 is 2.44 bits per heavy atom. The third-order valence-corrected chi connectivity index (χ3v) is 3.05. The van der Waals surface area contributed by atoms with Crippen LogP contribution in [0.4, 0.5) is 0 Å². The first kappa shape index (κ1) is 13.0. The lowest BCUT2D eigenvalue weighted by Crippen LogP contribution is -2.47. The van der Waals surface area contributed by atoms with Crippen LogP contribution >= 0.6 is 0 Å². The third kappa shape index (κ3) is 3.05. The molecule has 7 heteroatoms. The van der Waals surface area contributed by atoms with E-state index >= 15 is 0 Å². The Labute approximate surface area is 105 Å². The highest BCUT2D eigenvalue weighted by Crippen LogP contribution is 2.10. The number of hydrogen-bond acceptors (Lipinski definition) is 5. The van der Waals surface area contributed by atoms with E-state index in [9.17, 15) is 4.79 Å². The number of ether oxygens (including phenoxy) is 1. The molecule has 100 valence electrons. The van der Waals surface area contributed by atoms with Crippen LogP contribution in [0.1, 0.15) is 24.3 Å². The molecule has 1 fully saturated rings. The summed E-state index contributed by atoms with van der Waals surface area (Å²) >= 11 is 0. The second kappa shape index (κ2) is 5.45. The zero-order valence-electron chi connectivity index (χ0n) is 10.6. The molecule has 0 aliphatic carbocycles. The molecule has 0 spiro atoms. The van der Waals surface area contributed by atoms with Crippen LogP contribution in [0, 0.1) is 0 Å². The average Bonchev–Trinajstić information content (AvgIpc) is 2.78. The molecule has 0 radical (unpaired) electrons. The fraction of sp³-hybridized carbons (Fsp3) is 0.727. The number of hydrogen-bond donors (Lipinski definition) is 1. The first-order chi connectivity index (χ1) is 8.56. The topological polar surface area (TPSA) is 80.5 Å². The molecule has 0 saturated carbocycles. The molecule has 1 aromatic rings. The van der Waals surface area contributed by atoms with Crippen LogP contribution in [0.2, 0.25) is 0 Å². The van der Waals surface area contributed by atoms with Crippen molar-refractivity contribution in [1.29, 1.82) is 0 Å². The van der Waals surface area contributed by atoms with Gasteiger partial charge in [0.05, 0.1) is 25.5 Å². The minimum Gasteiger partial charge on any atom is -0.476 e. The Hall–Kier alpha value is -1.47. The number of carboxylic acid groups (broad SMARTS) is 1. The molecule has 2 heterocycles. The smallest absolute Gasteiger partial charge is 0.358 e. The lowest BCUT2D eigenvalue weighted by Gasteiger charge is -2.35. The molecule has 1 saturated heterocycles. The molecule has 0 amide bonds. The molecule has 1 unspecified atom stereocenters. The fourth-order valence-corrected chi connectivity index (χ4v) is 2.02. The summed E-state index contributed by atoms with van der Waals surface area (Å²) in [5.74, 6) is -1.06. The van der Waals surface area contributed by atoms with Crippen molar-refractivity contribution in [3.05, 3.63) is 11.9 Å². The quantitative estimate of drug-likeness (QED) is 0.820. The summed E-state index contributed by atoms with van der Waals surface area (Å²) in [5, 5.41) is 16.1. The van der Waals surface area contributed by atoms with Crippen molar-refractivity contribution in [2.75, 3.05) is 19.7 Å². The van der Waals surface area contributed by atoms with E-state index in [-0.39, 0.29) is 11.8 Å². The molecule has 0 bridgehead atoms. The highest BCUT2D eigenvalue weighted by molar-refractivity contribution is 5.84. The maximum Gasteiger partial charge on any atom is 0.358 e. The zero-order valence-corrected chi connectivity index (χ0v) is 10.6. The summed E-state index contributed by atoms with van der Waals surface area (Å²) < 4.78 is 7.18. The van der Waals surface area contributed by atoms with Crippen molar-refractivity contribution in [2.24, 2.45) is 0 Å². The molecule has 1 atom stereocenters. The van der Waals surface area contributed by atoms with Crippen molar-refractivity contribution in [2.45, 2.75) is 32.5 Å². The van der Waals surface area contributed by atoms with E-state index < -0.39 is 5.97 Å². The summed E-state index contributed by atoms with van der Waals surface area (Å²) in [5.41, 5.74) is -0.0356. The van der Waals surface area contributed by atoms with Crippen LogP contribution in [0.25, 0.3) is 0 Å². The summed E-state index contributed by atoms with van der Waals surface area (Å²) in [7, 11) is 0. The van der Waals surface area contributed by atoms with E-state index in [0.29, 0.717) is 19.2 Å². The van der Waals surface area contributed by atoms with Gasteiger partial charge in [-0.05, 0) is 13.8 Å². The normalized spacial score (nSPS) is 21.4. The van der Waals surface area contributed by atoms with E-state index in [1.165, 1.54) is 10.9 Å². The number of rotatable bonds is 4. The monoisotopic (exact) mass is 254 g/mol. The molecule has 2 rings (SSSR count). The highest BCUT2D eigenvalue weighted by Gasteiger charge is 2.23. The van der Waals surface area contributed by atoms with Gasteiger partial charge < -0.3 is 9.84 Å². The SMILES string of the molecule is CC(C)N1CCOC(Cn2cc(C(=O)O)nn2)C1. The molecular formula is C11H18N4O3. The van der Waals surface area contributed by atoms with Gasteiger partial charge in [0.25, 0.3) is 0 Å². The summed E-state index contributed by atoms with van der Waals surface area (Å²) in [6.45, 7) is 7.30. The molecule has 7 nitrogen and oxygen atoms in total. The fourth-order valence-electron chi connectivity index (χ4n) is 2.02. The van der Waals surface area contributed by atoms with Crippen LogP contribution in [-0.2, 0) is 11.3 Å². The van der Waals surface area contributed by atoms with Gasteiger partial charge in [-0.2, -0.15) is 0 Å². The van der Waals surface area contributed by atoms with Gasteiger partial charge in [-0.3, -0.25) is 4.90 Å². The average molecular weight is 254 g/mol. The summed E-state index contributed by atoms with van der Waals surface area (Å²) in [4.78, 5) is 13.0. The Kier molecular flexibility index (Phi) is 3.93. The second-order valence-electron chi connectivity index (χ2n) is 4.71. The molecular weight excluding hydrogens is 236 g/mol. The molecule has 1 aliphatic heterocycles. The van der Waals surface area contributed by atoms with Crippen LogP contribution in [0.15, 0.2) is 6.20 Å². The highest BCUT2D eigenvalue weighted by atomic mass is 16.5. The maximum atomic E-state index is 10.7. The van der Waals surface area contributed by atoms with E-state index in [1.807, 2.05) is 0 Å². The van der Waals surface area contributed by atoms with Gasteiger partial charge in [0.2, 0.25) is 0 Å². The predicted molar refractivity (Wildman–Crippen MR) is 63.4 cm³/mol. The minimum atomic E-state index is -1.06. The first-order valence-corrected chi connectivity index (χ1v) is 6.05. The van der Waals surface area contributed by atoms with Gasteiger partial charge >= 0.3 is 5.97 Å². The number of nitrogens with zero attached hydrogens (tertiary/aromatic N) is 4. The lowest BCUT2D eigenvalue weighted by molar-refractivity contribution is -0.0471. The first-order valence-electron chi connectivity index (χ1n) is 6.05. The Balaban J connectivity index is 1.94. The van der Waals surface area contributed by atoms with Crippen molar-refractivity contribution in [3.8, 4) is 0 Å². The van der Waals surface area contributed by atoms with Gasteiger partial charge in [0.15, 0.2) is 5.69 Å². The van der Waals surface area contributed by atoms with Crippen molar-refractivity contribution >= 4 is 5.97 Å². The molecule has 1 aromatic heterocycles. The van der Waals surface area contributed by atoms with Crippen molar-refractivity contribution < 1.29 is 14.6 Å². The van der Waals surface area contributed by atoms with Gasteiger partial charge in [-0.15, -0.1) is 5.10 Å². The van der Waals surface area contributed by atoms with Crippen molar-refractivity contribution in [1.82, 2.24) is 19.9 Å². The minimum absolute atomic E-state index is 0.0319. The number of carbonyl (C=O) groups is 1. The van der Waals surface area contributed by atoms with E-state index in [2.05, 4.69) is 29.1 Å². The van der Waals surface area contributed by atoms with E-state index in [0.717, 1.165) is 13.1 Å². The summed E-state index contributed by atoms with van der Waals surface area (Å²) in [6.07, 6.45) is 1.46. The number of morpholine rings is 1. The lowest BCUT2D eigenvalue weighted by atomic mass is 10.2. The third-order valence-electron chi connectivity index (χ3n) is 3.05. The summed E-state index contributed by atoms with van der Waals surface area (Å²) in [6, 6.07) is 0.488. The molecule has 0 aromatic carbocycles. The molecule has 1 aliphatic rings. The Bertz CT molecular complexity index is 418. The van der Waals surface area contributed by atoms with Gasteiger partial charge in [0, 0.05) is 19.1 Å². The van der Waals surface area contributed by atoms with Crippen LogP contribution in [-0.4, -0.2) is 62.8 Å².